The summed E-state index contributed by atoms with van der Waals surface area (Å²) < 4.78 is 5.82. The molecule has 0 saturated carbocycles. The molecule has 2 N–H and O–H groups in total. The van der Waals surface area contributed by atoms with Crippen LogP contribution < -0.4 is 4.74 Å². The van der Waals surface area contributed by atoms with Gasteiger partial charge in [0.15, 0.2) is 0 Å². The number of nitrogens with zero attached hydrogens (tertiary/aromatic N) is 2. The molecule has 136 valence electrons. The first kappa shape index (κ1) is 18.0. The minimum absolute atomic E-state index is 0.239. The van der Waals surface area contributed by atoms with Gasteiger partial charge in [-0.1, -0.05) is 26.0 Å². The topological polar surface area (TPSA) is 61.4 Å². The Hall–Kier alpha value is -1.85. The summed E-state index contributed by atoms with van der Waals surface area (Å²) in [6.45, 7) is 9.48. The van der Waals surface area contributed by atoms with E-state index in [1.165, 1.54) is 5.56 Å². The monoisotopic (exact) mass is 343 g/mol. The highest BCUT2D eigenvalue weighted by Gasteiger charge is 2.31. The molecule has 1 aliphatic rings. The lowest BCUT2D eigenvalue weighted by Gasteiger charge is -2.16. The maximum absolute atomic E-state index is 10.4. The molecule has 3 rings (SSSR count). The molecule has 1 fully saturated rings. The first-order valence-corrected chi connectivity index (χ1v) is 9.12. The van der Waals surface area contributed by atoms with Gasteiger partial charge < -0.3 is 9.84 Å². The summed E-state index contributed by atoms with van der Waals surface area (Å²) in [5.74, 6) is 1.68. The molecule has 1 aromatic carbocycles. The summed E-state index contributed by atoms with van der Waals surface area (Å²) in [5.41, 5.74) is 3.33. The summed E-state index contributed by atoms with van der Waals surface area (Å²) in [7, 11) is 0. The molecule has 1 aliphatic heterocycles. The molecular weight excluding hydrogens is 314 g/mol. The van der Waals surface area contributed by atoms with E-state index in [1.807, 2.05) is 19.1 Å². The summed E-state index contributed by atoms with van der Waals surface area (Å²) in [5, 5.41) is 17.7. The first-order valence-electron chi connectivity index (χ1n) is 9.12. The van der Waals surface area contributed by atoms with Gasteiger partial charge in [-0.2, -0.15) is 5.10 Å². The van der Waals surface area contributed by atoms with E-state index in [1.54, 1.807) is 0 Å². The van der Waals surface area contributed by atoms with E-state index in [9.17, 15) is 5.11 Å². The molecule has 25 heavy (non-hydrogen) atoms. The second-order valence-corrected chi connectivity index (χ2v) is 7.62. The van der Waals surface area contributed by atoms with Gasteiger partial charge in [0.2, 0.25) is 0 Å². The van der Waals surface area contributed by atoms with Crippen molar-refractivity contribution in [3.05, 3.63) is 47.3 Å². The summed E-state index contributed by atoms with van der Waals surface area (Å²) in [6.07, 6.45) is 0.525. The first-order chi connectivity index (χ1) is 12.0. The minimum atomic E-state index is -0.294. The van der Waals surface area contributed by atoms with E-state index < -0.39 is 0 Å². The number of aromatic nitrogens is 2. The second kappa shape index (κ2) is 8.02. The van der Waals surface area contributed by atoms with E-state index in [0.29, 0.717) is 12.5 Å². The van der Waals surface area contributed by atoms with Crippen molar-refractivity contribution >= 4 is 0 Å². The van der Waals surface area contributed by atoms with Crippen LogP contribution in [0.15, 0.2) is 30.3 Å². The van der Waals surface area contributed by atoms with Crippen molar-refractivity contribution < 1.29 is 9.84 Å². The normalized spacial score (nSPS) is 21.2. The van der Waals surface area contributed by atoms with Crippen molar-refractivity contribution in [2.75, 3.05) is 19.7 Å². The summed E-state index contributed by atoms with van der Waals surface area (Å²) in [4.78, 5) is 2.32. The van der Waals surface area contributed by atoms with Crippen LogP contribution in [-0.2, 0) is 13.0 Å². The highest BCUT2D eigenvalue weighted by Crippen LogP contribution is 2.24. The maximum Gasteiger partial charge on any atom is 0.119 e. The number of rotatable bonds is 7. The van der Waals surface area contributed by atoms with Gasteiger partial charge >= 0.3 is 0 Å². The Morgan fingerprint density at radius 1 is 1.32 bits per heavy atom. The molecule has 0 unspecified atom stereocenters. The zero-order valence-corrected chi connectivity index (χ0v) is 15.4. The maximum atomic E-state index is 10.4. The van der Waals surface area contributed by atoms with Crippen molar-refractivity contribution in [2.45, 2.75) is 39.8 Å². The van der Waals surface area contributed by atoms with E-state index in [2.05, 4.69) is 47.1 Å². The number of aromatic amines is 1. The Balaban J connectivity index is 1.56. The molecule has 2 aromatic rings. The molecule has 2 atom stereocenters. The number of hydrogen-bond donors (Lipinski definition) is 2. The highest BCUT2D eigenvalue weighted by atomic mass is 16.5. The average molecular weight is 343 g/mol. The Kier molecular flexibility index (Phi) is 5.76. The molecule has 5 nitrogen and oxygen atoms in total. The number of aliphatic hydroxyl groups excluding tert-OH is 1. The number of ether oxygens (including phenoxy) is 1. The van der Waals surface area contributed by atoms with Gasteiger partial charge in [-0.25, -0.2) is 0 Å². The van der Waals surface area contributed by atoms with Gasteiger partial charge in [0, 0.05) is 31.2 Å². The quantitative estimate of drug-likeness (QED) is 0.811. The van der Waals surface area contributed by atoms with Crippen molar-refractivity contribution in [2.24, 2.45) is 11.8 Å². The van der Waals surface area contributed by atoms with Crippen LogP contribution in [0, 0.1) is 18.8 Å². The molecule has 0 bridgehead atoms. The highest BCUT2D eigenvalue weighted by molar-refractivity contribution is 5.28. The van der Waals surface area contributed by atoms with E-state index >= 15 is 0 Å². The minimum Gasteiger partial charge on any atom is -0.493 e. The molecule has 0 radical (unpaired) electrons. The van der Waals surface area contributed by atoms with Crippen molar-refractivity contribution in [3.63, 3.8) is 0 Å². The van der Waals surface area contributed by atoms with E-state index in [0.717, 1.165) is 43.3 Å². The van der Waals surface area contributed by atoms with Gasteiger partial charge in [0.05, 0.1) is 18.4 Å². The number of aliphatic hydroxyl groups is 1. The van der Waals surface area contributed by atoms with Gasteiger partial charge in [0.25, 0.3) is 0 Å². The van der Waals surface area contributed by atoms with Crippen LogP contribution >= 0.6 is 0 Å². The average Bonchev–Trinajstić information content (AvgIpc) is 3.12. The molecule has 0 spiro atoms. The fourth-order valence-electron chi connectivity index (χ4n) is 3.37. The number of benzene rings is 1. The zero-order valence-electron chi connectivity index (χ0n) is 15.4. The van der Waals surface area contributed by atoms with Crippen LogP contribution in [0.25, 0.3) is 0 Å². The number of hydrogen-bond acceptors (Lipinski definition) is 4. The predicted molar refractivity (Wildman–Crippen MR) is 98.6 cm³/mol. The predicted octanol–water partition coefficient (Wildman–Crippen LogP) is 2.79. The third kappa shape index (κ3) is 5.06. The Morgan fingerprint density at radius 3 is 2.88 bits per heavy atom. The SMILES string of the molecule is Cc1cc(C[C@@H]2CN(Cc3cccc(OCC(C)C)c3)C[C@H]2O)n[nH]1. The van der Waals surface area contributed by atoms with Crippen LogP contribution in [0.3, 0.4) is 0 Å². The lowest BCUT2D eigenvalue weighted by molar-refractivity contribution is 0.140. The van der Waals surface area contributed by atoms with Gasteiger partial charge in [-0.3, -0.25) is 10.00 Å². The molecule has 5 heteroatoms. The van der Waals surface area contributed by atoms with E-state index in [-0.39, 0.29) is 12.0 Å². The molecular formula is C20H29N3O2. The smallest absolute Gasteiger partial charge is 0.119 e. The standard InChI is InChI=1S/C20H29N3O2/c1-14(2)13-25-19-6-4-5-16(8-19)10-23-11-17(20(24)12-23)9-18-7-15(3)21-22-18/h4-8,14,17,20,24H,9-13H2,1-3H3,(H,21,22)/t17-,20-/m1/s1. The molecule has 0 amide bonds. The summed E-state index contributed by atoms with van der Waals surface area (Å²) >= 11 is 0. The van der Waals surface area contributed by atoms with Gasteiger partial charge in [0.1, 0.15) is 5.75 Å². The third-order valence-electron chi connectivity index (χ3n) is 4.60. The molecule has 2 heterocycles. The number of aryl methyl sites for hydroxylation is 1. The fraction of sp³-hybridized carbons (Fsp3) is 0.550. The molecule has 1 aromatic heterocycles. The molecule has 1 saturated heterocycles. The van der Waals surface area contributed by atoms with Crippen LogP contribution in [0.1, 0.15) is 30.8 Å². The van der Waals surface area contributed by atoms with Crippen molar-refractivity contribution in [1.29, 1.82) is 0 Å². The van der Waals surface area contributed by atoms with Crippen LogP contribution in [0.4, 0.5) is 0 Å². The molecule has 0 aliphatic carbocycles. The zero-order chi connectivity index (χ0) is 17.8. The lowest BCUT2D eigenvalue weighted by Crippen LogP contribution is -2.21. The number of nitrogens with one attached hydrogen (secondary N) is 1. The van der Waals surface area contributed by atoms with Crippen molar-refractivity contribution in [1.82, 2.24) is 15.1 Å². The number of H-pyrrole nitrogens is 1. The largest absolute Gasteiger partial charge is 0.493 e. The van der Waals surface area contributed by atoms with Crippen LogP contribution in [0.5, 0.6) is 5.75 Å². The number of likely N-dealkylation sites (tertiary alicyclic amines) is 1. The lowest BCUT2D eigenvalue weighted by atomic mass is 10.0. The summed E-state index contributed by atoms with van der Waals surface area (Å²) in [6, 6.07) is 10.3. The van der Waals surface area contributed by atoms with Crippen molar-refractivity contribution in [3.8, 4) is 5.75 Å². The Morgan fingerprint density at radius 2 is 2.16 bits per heavy atom. The Labute approximate surface area is 150 Å². The third-order valence-corrected chi connectivity index (χ3v) is 4.60. The number of β-amino-alcohol motifs (C(OH)–C–C–N with tert-alkyl or cyclic N) is 1. The fourth-order valence-corrected chi connectivity index (χ4v) is 3.37. The van der Waals surface area contributed by atoms with E-state index in [4.69, 9.17) is 4.74 Å². The second-order valence-electron chi connectivity index (χ2n) is 7.62. The van der Waals surface area contributed by atoms with Gasteiger partial charge in [-0.15, -0.1) is 0 Å². The van der Waals surface area contributed by atoms with Crippen LogP contribution in [0.2, 0.25) is 0 Å². The van der Waals surface area contributed by atoms with Crippen LogP contribution in [-0.4, -0.2) is 46.0 Å². The Bertz CT molecular complexity index is 683. The van der Waals surface area contributed by atoms with Gasteiger partial charge in [-0.05, 0) is 43.0 Å².